The van der Waals surface area contributed by atoms with Gasteiger partial charge in [-0.2, -0.15) is 0 Å². The van der Waals surface area contributed by atoms with Crippen LogP contribution in [0.3, 0.4) is 0 Å². The average Bonchev–Trinajstić information content (AvgIpc) is 2.97. The zero-order valence-electron chi connectivity index (χ0n) is 14.7. The van der Waals surface area contributed by atoms with E-state index in [1.165, 1.54) is 6.07 Å². The maximum atomic E-state index is 12.7. The number of nitrogens with zero attached hydrogens (tertiary/aromatic N) is 1. The summed E-state index contributed by atoms with van der Waals surface area (Å²) < 4.78 is 5.81. The minimum atomic E-state index is -1.05. The van der Waals surface area contributed by atoms with E-state index in [1.807, 2.05) is 0 Å². The third-order valence-electron chi connectivity index (χ3n) is 4.53. The number of ether oxygens (including phenoxy) is 1. The first-order valence-electron chi connectivity index (χ1n) is 8.59. The predicted octanol–water partition coefficient (Wildman–Crippen LogP) is 3.76. The van der Waals surface area contributed by atoms with Crippen molar-refractivity contribution in [1.29, 1.82) is 0 Å². The molecule has 0 atom stereocenters. The van der Waals surface area contributed by atoms with E-state index < -0.39 is 17.8 Å². The van der Waals surface area contributed by atoms with Gasteiger partial charge in [0.2, 0.25) is 0 Å². The molecule has 28 heavy (non-hydrogen) atoms. The van der Waals surface area contributed by atoms with Gasteiger partial charge in [-0.1, -0.05) is 42.5 Å². The zero-order chi connectivity index (χ0) is 19.7. The van der Waals surface area contributed by atoms with E-state index >= 15 is 0 Å². The van der Waals surface area contributed by atoms with E-state index in [1.54, 1.807) is 66.7 Å². The van der Waals surface area contributed by atoms with Gasteiger partial charge in [0.05, 0.1) is 22.4 Å². The number of hydrogen-bond donors (Lipinski definition) is 1. The molecule has 138 valence electrons. The van der Waals surface area contributed by atoms with E-state index in [9.17, 15) is 19.5 Å². The molecule has 1 aliphatic heterocycles. The fourth-order valence-corrected chi connectivity index (χ4v) is 3.18. The summed E-state index contributed by atoms with van der Waals surface area (Å²) in [5.74, 6) is -1.56. The number of carboxylic acid groups (broad SMARTS) is 1. The minimum Gasteiger partial charge on any atom is -0.487 e. The van der Waals surface area contributed by atoms with E-state index in [0.717, 1.165) is 4.90 Å². The molecule has 0 saturated carbocycles. The zero-order valence-corrected chi connectivity index (χ0v) is 14.7. The Morgan fingerprint density at radius 3 is 2.07 bits per heavy atom. The second-order valence-electron chi connectivity index (χ2n) is 6.21. The van der Waals surface area contributed by atoms with Crippen LogP contribution in [0.5, 0.6) is 5.75 Å². The molecule has 3 aromatic rings. The molecule has 0 aliphatic carbocycles. The topological polar surface area (TPSA) is 83.9 Å². The molecule has 2 amide bonds. The number of benzene rings is 3. The fraction of sp³-hybridized carbons (Fsp3) is 0.0455. The lowest BCUT2D eigenvalue weighted by Crippen LogP contribution is -2.29. The number of fused-ring (bicyclic) bond motifs is 1. The van der Waals surface area contributed by atoms with Crippen LogP contribution in [0.15, 0.2) is 72.8 Å². The van der Waals surface area contributed by atoms with Crippen LogP contribution in [0.25, 0.3) is 0 Å². The van der Waals surface area contributed by atoms with Gasteiger partial charge >= 0.3 is 5.97 Å². The third-order valence-corrected chi connectivity index (χ3v) is 4.53. The third kappa shape index (κ3) is 2.91. The van der Waals surface area contributed by atoms with Crippen molar-refractivity contribution >= 4 is 23.5 Å². The predicted molar refractivity (Wildman–Crippen MR) is 102 cm³/mol. The van der Waals surface area contributed by atoms with Crippen LogP contribution < -0.4 is 9.64 Å². The molecule has 1 aliphatic rings. The van der Waals surface area contributed by atoms with Gasteiger partial charge in [-0.25, -0.2) is 9.69 Å². The number of para-hydroxylation sites is 2. The monoisotopic (exact) mass is 373 g/mol. The van der Waals surface area contributed by atoms with Crippen molar-refractivity contribution in [2.45, 2.75) is 6.61 Å². The van der Waals surface area contributed by atoms with Gasteiger partial charge in [-0.3, -0.25) is 9.59 Å². The van der Waals surface area contributed by atoms with Crippen molar-refractivity contribution in [1.82, 2.24) is 0 Å². The summed E-state index contributed by atoms with van der Waals surface area (Å²) in [6.07, 6.45) is 0. The molecular weight excluding hydrogens is 358 g/mol. The van der Waals surface area contributed by atoms with Gasteiger partial charge in [0.1, 0.15) is 12.4 Å². The molecule has 0 aromatic heterocycles. The Hall–Kier alpha value is -3.93. The van der Waals surface area contributed by atoms with Crippen molar-refractivity contribution in [3.63, 3.8) is 0 Å². The highest BCUT2D eigenvalue weighted by Crippen LogP contribution is 2.35. The van der Waals surface area contributed by atoms with Crippen LogP contribution in [0.4, 0.5) is 5.69 Å². The normalized spacial score (nSPS) is 12.8. The number of carbonyl (C=O) groups excluding carboxylic acids is 2. The Bertz CT molecular complexity index is 1070. The van der Waals surface area contributed by atoms with Gasteiger partial charge in [0.25, 0.3) is 11.8 Å². The quantitative estimate of drug-likeness (QED) is 0.689. The summed E-state index contributed by atoms with van der Waals surface area (Å²) in [5.41, 5.74) is 1.64. The van der Waals surface area contributed by atoms with Crippen molar-refractivity contribution in [2.75, 3.05) is 4.90 Å². The molecule has 6 heteroatoms. The average molecular weight is 373 g/mol. The number of rotatable bonds is 5. The van der Waals surface area contributed by atoms with Gasteiger partial charge < -0.3 is 9.84 Å². The first kappa shape index (κ1) is 17.5. The van der Waals surface area contributed by atoms with E-state index in [0.29, 0.717) is 28.1 Å². The van der Waals surface area contributed by atoms with Crippen molar-refractivity contribution in [2.24, 2.45) is 0 Å². The highest BCUT2D eigenvalue weighted by molar-refractivity contribution is 6.34. The smallest absolute Gasteiger partial charge is 0.336 e. The summed E-state index contributed by atoms with van der Waals surface area (Å²) >= 11 is 0. The highest BCUT2D eigenvalue weighted by Gasteiger charge is 2.37. The molecule has 1 heterocycles. The summed E-state index contributed by atoms with van der Waals surface area (Å²) in [6.45, 7) is -0.0113. The first-order valence-corrected chi connectivity index (χ1v) is 8.59. The molecular formula is C22H15NO5. The lowest BCUT2D eigenvalue weighted by atomic mass is 10.1. The minimum absolute atomic E-state index is 0.0113. The van der Waals surface area contributed by atoms with Crippen molar-refractivity contribution in [3.8, 4) is 5.75 Å². The molecule has 4 rings (SSSR count). The Balaban J connectivity index is 1.65. The largest absolute Gasteiger partial charge is 0.487 e. The number of carbonyl (C=O) groups is 3. The Morgan fingerprint density at radius 1 is 0.821 bits per heavy atom. The SMILES string of the molecule is O=C(O)c1ccccc1COc1ccccc1N1C(=O)c2ccccc2C1=O. The summed E-state index contributed by atoms with van der Waals surface area (Å²) in [4.78, 5) is 38.0. The second-order valence-corrected chi connectivity index (χ2v) is 6.21. The van der Waals surface area contributed by atoms with Gasteiger partial charge in [0, 0.05) is 5.56 Å². The van der Waals surface area contributed by atoms with Crippen LogP contribution in [0.2, 0.25) is 0 Å². The van der Waals surface area contributed by atoms with Crippen LogP contribution in [0, 0.1) is 0 Å². The molecule has 0 unspecified atom stereocenters. The lowest BCUT2D eigenvalue weighted by molar-refractivity contribution is 0.0693. The summed E-state index contributed by atoms with van der Waals surface area (Å²) in [7, 11) is 0. The molecule has 0 saturated heterocycles. The van der Waals surface area contributed by atoms with Crippen molar-refractivity contribution in [3.05, 3.63) is 95.1 Å². The van der Waals surface area contributed by atoms with Gasteiger partial charge in [0.15, 0.2) is 0 Å². The molecule has 1 N–H and O–H groups in total. The maximum absolute atomic E-state index is 12.7. The number of aromatic carboxylic acids is 1. The molecule has 0 radical (unpaired) electrons. The number of hydrogen-bond acceptors (Lipinski definition) is 4. The first-order chi connectivity index (χ1) is 13.6. The van der Waals surface area contributed by atoms with Gasteiger partial charge in [-0.15, -0.1) is 0 Å². The number of imide groups is 1. The second kappa shape index (κ2) is 7.00. The Labute approximate surface area is 160 Å². The Morgan fingerprint density at radius 2 is 1.39 bits per heavy atom. The molecule has 3 aromatic carbocycles. The summed E-state index contributed by atoms with van der Waals surface area (Å²) in [5, 5.41) is 9.31. The molecule has 0 spiro atoms. The fourth-order valence-electron chi connectivity index (χ4n) is 3.18. The molecule has 0 bridgehead atoms. The number of amides is 2. The van der Waals surface area contributed by atoms with E-state index in [4.69, 9.17) is 4.74 Å². The maximum Gasteiger partial charge on any atom is 0.336 e. The van der Waals surface area contributed by atoms with Crippen LogP contribution in [-0.4, -0.2) is 22.9 Å². The number of anilines is 1. The Kier molecular flexibility index (Phi) is 4.37. The highest BCUT2D eigenvalue weighted by atomic mass is 16.5. The van der Waals surface area contributed by atoms with Crippen LogP contribution in [0.1, 0.15) is 36.6 Å². The van der Waals surface area contributed by atoms with E-state index in [2.05, 4.69) is 0 Å². The molecule has 0 fully saturated rings. The standard InChI is InChI=1S/C22H15NO5/c24-20-16-9-3-4-10-17(16)21(25)23(20)18-11-5-6-12-19(18)28-13-14-7-1-2-8-15(14)22(26)27/h1-12H,13H2,(H,26,27). The molecule has 6 nitrogen and oxygen atoms in total. The number of carboxylic acids is 1. The van der Waals surface area contributed by atoms with Crippen LogP contribution >= 0.6 is 0 Å². The van der Waals surface area contributed by atoms with E-state index in [-0.39, 0.29) is 12.2 Å². The van der Waals surface area contributed by atoms with Crippen molar-refractivity contribution < 1.29 is 24.2 Å². The summed E-state index contributed by atoms with van der Waals surface area (Å²) in [6, 6.07) is 19.9. The van der Waals surface area contributed by atoms with Crippen LogP contribution in [-0.2, 0) is 6.61 Å². The lowest BCUT2D eigenvalue weighted by Gasteiger charge is -2.18. The van der Waals surface area contributed by atoms with Gasteiger partial charge in [-0.05, 0) is 30.3 Å².